The fourth-order valence-electron chi connectivity index (χ4n) is 3.85. The maximum absolute atomic E-state index is 13.0. The summed E-state index contributed by atoms with van der Waals surface area (Å²) in [7, 11) is 0. The highest BCUT2D eigenvalue weighted by Gasteiger charge is 2.22. The maximum Gasteiger partial charge on any atom is 0.254 e. The first kappa shape index (κ1) is 19.8. The van der Waals surface area contributed by atoms with Crippen molar-refractivity contribution < 1.29 is 9.53 Å². The molecule has 1 aliphatic heterocycles. The number of fused-ring (bicyclic) bond motifs is 1. The number of carbonyl (C=O) groups is 1. The minimum absolute atomic E-state index is 0.0638. The number of benzene rings is 1. The van der Waals surface area contributed by atoms with Gasteiger partial charge in [-0.2, -0.15) is 0 Å². The van der Waals surface area contributed by atoms with E-state index >= 15 is 0 Å². The van der Waals surface area contributed by atoms with Gasteiger partial charge in [0.05, 0.1) is 5.69 Å². The molecule has 1 aliphatic rings. The third-order valence-corrected chi connectivity index (χ3v) is 6.36. The van der Waals surface area contributed by atoms with Crippen molar-refractivity contribution in [1.82, 2.24) is 19.2 Å². The number of thiophene rings is 1. The van der Waals surface area contributed by atoms with Gasteiger partial charge in [-0.05, 0) is 41.8 Å². The van der Waals surface area contributed by atoms with Gasteiger partial charge in [0, 0.05) is 55.6 Å². The molecule has 0 aliphatic carbocycles. The van der Waals surface area contributed by atoms with Crippen LogP contribution < -0.4 is 4.74 Å². The average Bonchev–Trinajstić information content (AvgIpc) is 3.47. The Kier molecular flexibility index (Phi) is 5.69. The third-order valence-electron chi connectivity index (χ3n) is 5.50. The first-order valence-corrected chi connectivity index (χ1v) is 11.3. The van der Waals surface area contributed by atoms with E-state index in [1.54, 1.807) is 11.3 Å². The van der Waals surface area contributed by atoms with E-state index < -0.39 is 0 Å². The lowest BCUT2D eigenvalue weighted by Crippen LogP contribution is -2.48. The number of amides is 1. The molecule has 0 spiro atoms. The van der Waals surface area contributed by atoms with Crippen molar-refractivity contribution in [2.75, 3.05) is 26.2 Å². The monoisotopic (exact) mass is 432 g/mol. The van der Waals surface area contributed by atoms with E-state index in [4.69, 9.17) is 4.74 Å². The molecule has 0 atom stereocenters. The van der Waals surface area contributed by atoms with Gasteiger partial charge in [-0.15, -0.1) is 11.3 Å². The lowest BCUT2D eigenvalue weighted by atomic mass is 10.1. The second kappa shape index (κ2) is 8.91. The molecule has 31 heavy (non-hydrogen) atoms. The number of aromatic nitrogens is 2. The molecule has 5 rings (SSSR count). The lowest BCUT2D eigenvalue weighted by molar-refractivity contribution is 0.0629. The summed E-state index contributed by atoms with van der Waals surface area (Å²) in [6, 6.07) is 17.6. The van der Waals surface area contributed by atoms with Crippen LogP contribution in [0.5, 0.6) is 5.75 Å². The Morgan fingerprint density at radius 1 is 1.03 bits per heavy atom. The zero-order chi connectivity index (χ0) is 21.0. The van der Waals surface area contributed by atoms with E-state index in [0.717, 1.165) is 44.1 Å². The quantitative estimate of drug-likeness (QED) is 0.463. The van der Waals surface area contributed by atoms with Gasteiger partial charge in [0.1, 0.15) is 18.0 Å². The largest absolute Gasteiger partial charge is 0.487 e. The van der Waals surface area contributed by atoms with E-state index in [9.17, 15) is 4.79 Å². The predicted molar refractivity (Wildman–Crippen MR) is 121 cm³/mol. The molecule has 3 aromatic heterocycles. The summed E-state index contributed by atoms with van der Waals surface area (Å²) >= 11 is 1.78. The molecule has 1 amide bonds. The van der Waals surface area contributed by atoms with Crippen molar-refractivity contribution >= 4 is 22.9 Å². The summed E-state index contributed by atoms with van der Waals surface area (Å²) in [5, 5.41) is 2.11. The van der Waals surface area contributed by atoms with Crippen molar-refractivity contribution in [3.8, 4) is 5.75 Å². The summed E-state index contributed by atoms with van der Waals surface area (Å²) in [6.45, 7) is 4.61. The van der Waals surface area contributed by atoms with Gasteiger partial charge in [0.15, 0.2) is 0 Å². The van der Waals surface area contributed by atoms with E-state index in [1.807, 2.05) is 64.2 Å². The normalized spacial score (nSPS) is 14.8. The molecule has 7 heteroatoms. The molecule has 1 saturated heterocycles. The fourth-order valence-corrected chi connectivity index (χ4v) is 4.59. The predicted octanol–water partition coefficient (Wildman–Crippen LogP) is 3.93. The van der Waals surface area contributed by atoms with Gasteiger partial charge in [-0.1, -0.05) is 18.2 Å². The molecule has 0 radical (unpaired) electrons. The fraction of sp³-hybridized carbons (Fsp3) is 0.250. The summed E-state index contributed by atoms with van der Waals surface area (Å²) in [4.78, 5) is 23.3. The second-order valence-corrected chi connectivity index (χ2v) is 8.69. The van der Waals surface area contributed by atoms with E-state index in [2.05, 4.69) is 27.4 Å². The van der Waals surface area contributed by atoms with Crippen molar-refractivity contribution in [2.24, 2.45) is 0 Å². The smallest absolute Gasteiger partial charge is 0.254 e. The highest BCUT2D eigenvalue weighted by molar-refractivity contribution is 7.09. The van der Waals surface area contributed by atoms with Gasteiger partial charge in [-0.3, -0.25) is 9.69 Å². The topological polar surface area (TPSA) is 50.1 Å². The first-order valence-electron chi connectivity index (χ1n) is 10.4. The van der Waals surface area contributed by atoms with Crippen molar-refractivity contribution in [3.05, 3.63) is 88.5 Å². The summed E-state index contributed by atoms with van der Waals surface area (Å²) in [5.41, 5.74) is 2.41. The molecule has 0 saturated carbocycles. The number of rotatable bonds is 6. The van der Waals surface area contributed by atoms with Crippen LogP contribution in [0.25, 0.3) is 5.65 Å². The number of hydrogen-bond donors (Lipinski definition) is 0. The molecule has 0 unspecified atom stereocenters. The minimum Gasteiger partial charge on any atom is -0.487 e. The van der Waals surface area contributed by atoms with E-state index in [1.165, 1.54) is 4.88 Å². The maximum atomic E-state index is 13.0. The van der Waals surface area contributed by atoms with Crippen LogP contribution in [0.15, 0.2) is 72.4 Å². The molecular formula is C24H24N4O2S. The van der Waals surface area contributed by atoms with Gasteiger partial charge in [0.2, 0.25) is 0 Å². The number of ether oxygens (including phenoxy) is 1. The highest BCUT2D eigenvalue weighted by atomic mass is 32.1. The zero-order valence-electron chi connectivity index (χ0n) is 17.2. The van der Waals surface area contributed by atoms with E-state index in [-0.39, 0.29) is 5.91 Å². The number of imidazole rings is 1. The SMILES string of the molecule is O=C(c1cccc(OCc2cn3ccccc3n2)c1)N1CCN(Cc2cccs2)CC1. The van der Waals surface area contributed by atoms with Gasteiger partial charge in [0.25, 0.3) is 5.91 Å². The summed E-state index contributed by atoms with van der Waals surface area (Å²) in [5.74, 6) is 0.744. The first-order chi connectivity index (χ1) is 15.2. The molecule has 158 valence electrons. The van der Waals surface area contributed by atoms with Crippen molar-refractivity contribution in [3.63, 3.8) is 0 Å². The van der Waals surface area contributed by atoms with Crippen LogP contribution in [-0.2, 0) is 13.2 Å². The summed E-state index contributed by atoms with van der Waals surface area (Å²) < 4.78 is 7.89. The Labute approximate surface area is 185 Å². The molecule has 4 aromatic rings. The number of pyridine rings is 1. The molecule has 1 fully saturated rings. The van der Waals surface area contributed by atoms with Crippen LogP contribution in [0.4, 0.5) is 0 Å². The molecular weight excluding hydrogens is 408 g/mol. The van der Waals surface area contributed by atoms with Crippen LogP contribution in [0, 0.1) is 0 Å². The second-order valence-electron chi connectivity index (χ2n) is 7.66. The zero-order valence-corrected chi connectivity index (χ0v) is 18.0. The van der Waals surface area contributed by atoms with Crippen LogP contribution in [0.3, 0.4) is 0 Å². The molecule has 0 bridgehead atoms. The molecule has 1 aromatic carbocycles. The number of carbonyl (C=O) groups excluding carboxylic acids is 1. The average molecular weight is 433 g/mol. The minimum atomic E-state index is 0.0638. The Hall–Kier alpha value is -3.16. The molecule has 0 N–H and O–H groups in total. The van der Waals surface area contributed by atoms with Gasteiger partial charge in [-0.25, -0.2) is 4.98 Å². The van der Waals surface area contributed by atoms with Crippen LogP contribution in [0.1, 0.15) is 20.9 Å². The highest BCUT2D eigenvalue weighted by Crippen LogP contribution is 2.19. The number of hydrogen-bond acceptors (Lipinski definition) is 5. The van der Waals surface area contributed by atoms with Crippen molar-refractivity contribution in [2.45, 2.75) is 13.2 Å². The molecule has 4 heterocycles. The third kappa shape index (κ3) is 4.62. The van der Waals surface area contributed by atoms with Crippen LogP contribution >= 0.6 is 11.3 Å². The van der Waals surface area contributed by atoms with Crippen LogP contribution in [-0.4, -0.2) is 51.3 Å². The Balaban J connectivity index is 1.18. The Bertz CT molecular complexity index is 1130. The standard InChI is InChI=1S/C24H24N4O2S/c29-24(27-12-10-26(11-13-27)17-22-7-4-14-31-22)19-5-3-6-21(15-19)30-18-20-16-28-9-2-1-8-23(28)25-20/h1-9,14-16H,10-13,17-18H2. The lowest BCUT2D eigenvalue weighted by Gasteiger charge is -2.34. The Morgan fingerprint density at radius 3 is 2.74 bits per heavy atom. The Morgan fingerprint density at radius 2 is 1.94 bits per heavy atom. The van der Waals surface area contributed by atoms with Gasteiger partial charge >= 0.3 is 0 Å². The molecule has 6 nitrogen and oxygen atoms in total. The van der Waals surface area contributed by atoms with Crippen molar-refractivity contribution in [1.29, 1.82) is 0 Å². The van der Waals surface area contributed by atoms with E-state index in [0.29, 0.717) is 17.9 Å². The van der Waals surface area contributed by atoms with Gasteiger partial charge < -0.3 is 14.0 Å². The summed E-state index contributed by atoms with van der Waals surface area (Å²) in [6.07, 6.45) is 3.92. The number of piperazine rings is 1. The number of nitrogens with zero attached hydrogens (tertiary/aromatic N) is 4. The van der Waals surface area contributed by atoms with Crippen LogP contribution in [0.2, 0.25) is 0 Å².